The van der Waals surface area contributed by atoms with E-state index in [1.165, 1.54) is 0 Å². The molecule has 6 heteroatoms. The van der Waals surface area contributed by atoms with Crippen molar-refractivity contribution in [3.8, 4) is 11.5 Å². The molecule has 0 aliphatic carbocycles. The topological polar surface area (TPSA) is 64.9 Å². The lowest BCUT2D eigenvalue weighted by atomic mass is 10.2. The lowest BCUT2D eigenvalue weighted by Gasteiger charge is -2.02. The number of halogens is 2. The predicted octanol–water partition coefficient (Wildman–Crippen LogP) is 3.51. The van der Waals surface area contributed by atoms with Crippen molar-refractivity contribution >= 4 is 38.5 Å². The Bertz CT molecular complexity index is 529. The predicted molar refractivity (Wildman–Crippen MR) is 77.4 cm³/mol. The molecular formula is C11H11BrIN3O. The van der Waals surface area contributed by atoms with Gasteiger partial charge in [-0.3, -0.25) is 0 Å². The third-order valence-electron chi connectivity index (χ3n) is 2.36. The highest BCUT2D eigenvalue weighted by Crippen LogP contribution is 2.29. The summed E-state index contributed by atoms with van der Waals surface area (Å²) in [6, 6.07) is 5.75. The van der Waals surface area contributed by atoms with E-state index in [2.05, 4.69) is 48.7 Å². The average molecular weight is 408 g/mol. The summed E-state index contributed by atoms with van der Waals surface area (Å²) in [4.78, 5) is 0. The molecule has 90 valence electrons. The summed E-state index contributed by atoms with van der Waals surface area (Å²) in [5, 5.41) is 8.00. The zero-order chi connectivity index (χ0) is 12.4. The van der Waals surface area contributed by atoms with Crippen molar-refractivity contribution in [2.75, 3.05) is 0 Å². The number of hydrogen-bond acceptors (Lipinski definition) is 4. The number of rotatable bonds is 3. The summed E-state index contributed by atoms with van der Waals surface area (Å²) in [7, 11) is 0. The molecule has 1 unspecified atom stereocenters. The van der Waals surface area contributed by atoms with Gasteiger partial charge < -0.3 is 10.2 Å². The van der Waals surface area contributed by atoms with Crippen LogP contribution in [0.5, 0.6) is 0 Å². The Morgan fingerprint density at radius 2 is 2.24 bits per heavy atom. The zero-order valence-corrected chi connectivity index (χ0v) is 12.9. The first-order valence-electron chi connectivity index (χ1n) is 5.16. The summed E-state index contributed by atoms with van der Waals surface area (Å²) in [6.07, 6.45) is 0.773. The van der Waals surface area contributed by atoms with Gasteiger partial charge in [-0.15, -0.1) is 10.2 Å². The van der Waals surface area contributed by atoms with E-state index in [9.17, 15) is 0 Å². The van der Waals surface area contributed by atoms with E-state index in [-0.39, 0.29) is 6.04 Å². The van der Waals surface area contributed by atoms with Crippen LogP contribution in [0.4, 0.5) is 0 Å². The molecule has 0 amide bonds. The van der Waals surface area contributed by atoms with Crippen molar-refractivity contribution < 1.29 is 4.42 Å². The van der Waals surface area contributed by atoms with Crippen LogP contribution in [-0.2, 0) is 0 Å². The summed E-state index contributed by atoms with van der Waals surface area (Å²) >= 11 is 5.71. The normalized spacial score (nSPS) is 12.7. The van der Waals surface area contributed by atoms with E-state index in [1.807, 2.05) is 25.1 Å². The summed E-state index contributed by atoms with van der Waals surface area (Å²) in [5.41, 5.74) is 6.73. The molecule has 0 saturated carbocycles. The van der Waals surface area contributed by atoms with Gasteiger partial charge in [0.25, 0.3) is 0 Å². The molecular weight excluding hydrogens is 397 g/mol. The first-order valence-corrected chi connectivity index (χ1v) is 7.03. The van der Waals surface area contributed by atoms with Crippen molar-refractivity contribution in [3.63, 3.8) is 0 Å². The van der Waals surface area contributed by atoms with Crippen molar-refractivity contribution in [2.45, 2.75) is 19.4 Å². The molecule has 1 atom stereocenters. The number of nitrogens with two attached hydrogens (primary N) is 1. The van der Waals surface area contributed by atoms with Crippen LogP contribution in [0.2, 0.25) is 0 Å². The monoisotopic (exact) mass is 407 g/mol. The molecule has 2 N–H and O–H groups in total. The molecule has 0 radical (unpaired) electrons. The molecule has 0 fully saturated rings. The van der Waals surface area contributed by atoms with Crippen LogP contribution >= 0.6 is 38.5 Å². The number of nitrogens with zero attached hydrogens (tertiary/aromatic N) is 2. The summed E-state index contributed by atoms with van der Waals surface area (Å²) in [5.74, 6) is 0.975. The fourth-order valence-electron chi connectivity index (χ4n) is 1.33. The van der Waals surface area contributed by atoms with Gasteiger partial charge in [0, 0.05) is 8.04 Å². The first kappa shape index (κ1) is 13.0. The van der Waals surface area contributed by atoms with Crippen molar-refractivity contribution in [1.82, 2.24) is 10.2 Å². The highest BCUT2D eigenvalue weighted by Gasteiger charge is 2.15. The van der Waals surface area contributed by atoms with Gasteiger partial charge in [0.15, 0.2) is 0 Å². The minimum atomic E-state index is -0.196. The minimum Gasteiger partial charge on any atom is -0.419 e. The van der Waals surface area contributed by atoms with Crippen LogP contribution in [0.1, 0.15) is 25.3 Å². The number of hydrogen-bond donors (Lipinski definition) is 1. The van der Waals surface area contributed by atoms with Gasteiger partial charge in [-0.1, -0.05) is 6.92 Å². The van der Waals surface area contributed by atoms with Gasteiger partial charge >= 0.3 is 0 Å². The molecule has 1 heterocycles. The third-order valence-corrected chi connectivity index (χ3v) is 3.72. The fourth-order valence-corrected chi connectivity index (χ4v) is 2.24. The largest absolute Gasteiger partial charge is 0.419 e. The van der Waals surface area contributed by atoms with E-state index in [1.54, 1.807) is 0 Å². The fraction of sp³-hybridized carbons (Fsp3) is 0.273. The Labute approximate surface area is 121 Å². The van der Waals surface area contributed by atoms with Gasteiger partial charge in [-0.2, -0.15) is 0 Å². The SMILES string of the molecule is CCC(N)c1nnc(-c2cc(I)ccc2Br)o1. The van der Waals surface area contributed by atoms with Gasteiger partial charge in [0.05, 0.1) is 11.6 Å². The van der Waals surface area contributed by atoms with E-state index < -0.39 is 0 Å². The third kappa shape index (κ3) is 2.86. The molecule has 17 heavy (non-hydrogen) atoms. The lowest BCUT2D eigenvalue weighted by Crippen LogP contribution is -2.08. The molecule has 0 spiro atoms. The second-order valence-electron chi connectivity index (χ2n) is 3.58. The average Bonchev–Trinajstić information content (AvgIpc) is 2.80. The first-order chi connectivity index (χ1) is 8.11. The van der Waals surface area contributed by atoms with Crippen LogP contribution in [0.15, 0.2) is 27.1 Å². The Balaban J connectivity index is 2.40. The maximum Gasteiger partial charge on any atom is 0.249 e. The summed E-state index contributed by atoms with van der Waals surface area (Å²) in [6.45, 7) is 1.98. The Hall–Kier alpha value is -0.470. The van der Waals surface area contributed by atoms with E-state index in [0.717, 1.165) is 20.0 Å². The van der Waals surface area contributed by atoms with Gasteiger partial charge in [-0.05, 0) is 63.1 Å². The van der Waals surface area contributed by atoms with Crippen LogP contribution in [-0.4, -0.2) is 10.2 Å². The summed E-state index contributed by atoms with van der Waals surface area (Å²) < 4.78 is 7.62. The lowest BCUT2D eigenvalue weighted by molar-refractivity contribution is 0.452. The highest BCUT2D eigenvalue weighted by molar-refractivity contribution is 14.1. The number of aromatic nitrogens is 2. The van der Waals surface area contributed by atoms with Crippen LogP contribution in [0.25, 0.3) is 11.5 Å². The Morgan fingerprint density at radius 3 is 2.94 bits per heavy atom. The smallest absolute Gasteiger partial charge is 0.249 e. The molecule has 0 aliphatic rings. The molecule has 1 aromatic heterocycles. The standard InChI is InChI=1S/C11H11BrIN3O/c1-2-9(14)11-16-15-10(17-11)7-5-6(13)3-4-8(7)12/h3-5,9H,2,14H2,1H3. The van der Waals surface area contributed by atoms with E-state index in [0.29, 0.717) is 11.8 Å². The minimum absolute atomic E-state index is 0.196. The molecule has 0 bridgehead atoms. The van der Waals surface area contributed by atoms with Gasteiger partial charge in [0.1, 0.15) is 0 Å². The van der Waals surface area contributed by atoms with Crippen LogP contribution in [0.3, 0.4) is 0 Å². The van der Waals surface area contributed by atoms with Crippen LogP contribution in [0, 0.1) is 3.57 Å². The highest BCUT2D eigenvalue weighted by atomic mass is 127. The van der Waals surface area contributed by atoms with Crippen molar-refractivity contribution in [2.24, 2.45) is 5.73 Å². The van der Waals surface area contributed by atoms with E-state index >= 15 is 0 Å². The molecule has 2 aromatic rings. The van der Waals surface area contributed by atoms with Crippen molar-refractivity contribution in [1.29, 1.82) is 0 Å². The maximum absolute atomic E-state index is 5.84. The zero-order valence-electron chi connectivity index (χ0n) is 9.15. The maximum atomic E-state index is 5.84. The molecule has 0 aliphatic heterocycles. The molecule has 4 nitrogen and oxygen atoms in total. The second-order valence-corrected chi connectivity index (χ2v) is 5.68. The molecule has 0 saturated heterocycles. The van der Waals surface area contributed by atoms with Gasteiger partial charge in [0.2, 0.25) is 11.8 Å². The van der Waals surface area contributed by atoms with Crippen LogP contribution < -0.4 is 5.73 Å². The van der Waals surface area contributed by atoms with E-state index in [4.69, 9.17) is 10.2 Å². The Morgan fingerprint density at radius 1 is 1.47 bits per heavy atom. The van der Waals surface area contributed by atoms with Crippen molar-refractivity contribution in [3.05, 3.63) is 32.1 Å². The molecule has 2 rings (SSSR count). The van der Waals surface area contributed by atoms with Gasteiger partial charge in [-0.25, -0.2) is 0 Å². The second kappa shape index (κ2) is 5.45. The Kier molecular flexibility index (Phi) is 4.16. The quantitative estimate of drug-likeness (QED) is 0.790. The number of benzene rings is 1. The molecule has 1 aromatic carbocycles.